The minimum atomic E-state index is -0.215. The Bertz CT molecular complexity index is 1230. The van der Waals surface area contributed by atoms with E-state index in [0.29, 0.717) is 31.6 Å². The summed E-state index contributed by atoms with van der Waals surface area (Å²) in [5, 5.41) is 5.59. The number of anilines is 3. The summed E-state index contributed by atoms with van der Waals surface area (Å²) in [4.78, 5) is 35.9. The number of carbonyl (C=O) groups excluding carboxylic acids is 1. The first-order valence-corrected chi connectivity index (χ1v) is 12.7. The minimum absolute atomic E-state index is 0.164. The van der Waals surface area contributed by atoms with E-state index in [0.717, 1.165) is 61.1 Å². The van der Waals surface area contributed by atoms with Crippen LogP contribution in [0.3, 0.4) is 0 Å². The number of fused-ring (bicyclic) bond motifs is 4. The average molecular weight is 487 g/mol. The number of aromatic nitrogens is 4. The van der Waals surface area contributed by atoms with Crippen LogP contribution in [0.2, 0.25) is 0 Å². The summed E-state index contributed by atoms with van der Waals surface area (Å²) in [5.74, 6) is 2.49. The fraction of sp³-hybridized carbons (Fsp3) is 0.423. The minimum Gasteiger partial charge on any atom is -0.378 e. The lowest BCUT2D eigenvalue weighted by Gasteiger charge is -2.39. The number of hydrogen-bond acceptors (Lipinski definition) is 8. The summed E-state index contributed by atoms with van der Waals surface area (Å²) in [5.41, 5.74) is 3.98. The second kappa shape index (κ2) is 9.69. The number of nitrogens with zero attached hydrogens (tertiary/aromatic N) is 6. The van der Waals surface area contributed by atoms with Crippen LogP contribution in [0.25, 0.3) is 11.4 Å². The van der Waals surface area contributed by atoms with Crippen LogP contribution in [0, 0.1) is 0 Å². The maximum Gasteiger partial charge on any atom is 0.319 e. The molecule has 2 unspecified atom stereocenters. The highest BCUT2D eigenvalue weighted by Crippen LogP contribution is 2.48. The SMILES string of the molecule is CCNC(=O)Nc1ccc(-c2nc3c(c(N4CCOCC4)n2)C2CCC(C3)N2c2ncccn2)cc1. The molecule has 6 rings (SSSR count). The number of nitrogens with one attached hydrogen (secondary N) is 2. The summed E-state index contributed by atoms with van der Waals surface area (Å²) >= 11 is 0. The molecular weight excluding hydrogens is 456 g/mol. The zero-order valence-electron chi connectivity index (χ0n) is 20.4. The van der Waals surface area contributed by atoms with E-state index in [2.05, 4.69) is 30.4 Å². The van der Waals surface area contributed by atoms with Crippen LogP contribution in [0.5, 0.6) is 0 Å². The number of morpholine rings is 1. The van der Waals surface area contributed by atoms with Crippen LogP contribution in [-0.2, 0) is 11.2 Å². The highest BCUT2D eigenvalue weighted by molar-refractivity contribution is 5.89. The van der Waals surface area contributed by atoms with Gasteiger partial charge >= 0.3 is 6.03 Å². The van der Waals surface area contributed by atoms with Crippen molar-refractivity contribution in [2.75, 3.05) is 48.0 Å². The Morgan fingerprint density at radius 3 is 2.61 bits per heavy atom. The Kier molecular flexibility index (Phi) is 6.10. The third-order valence-corrected chi connectivity index (χ3v) is 7.10. The van der Waals surface area contributed by atoms with Gasteiger partial charge in [-0.25, -0.2) is 24.7 Å². The van der Waals surface area contributed by atoms with Crippen molar-refractivity contribution in [1.82, 2.24) is 25.3 Å². The molecule has 2 atom stereocenters. The third kappa shape index (κ3) is 4.21. The quantitative estimate of drug-likeness (QED) is 0.566. The van der Waals surface area contributed by atoms with Crippen molar-refractivity contribution >= 4 is 23.5 Å². The van der Waals surface area contributed by atoms with Crippen LogP contribution in [0.1, 0.15) is 37.1 Å². The lowest BCUT2D eigenvalue weighted by atomic mass is 9.97. The lowest BCUT2D eigenvalue weighted by molar-refractivity contribution is 0.122. The van der Waals surface area contributed by atoms with Gasteiger partial charge in [0.15, 0.2) is 5.82 Å². The Hall–Kier alpha value is -3.79. The van der Waals surface area contributed by atoms with Gasteiger partial charge in [-0.05, 0) is 50.1 Å². The van der Waals surface area contributed by atoms with Crippen molar-refractivity contribution < 1.29 is 9.53 Å². The molecule has 10 nitrogen and oxygen atoms in total. The Balaban J connectivity index is 1.38. The first kappa shape index (κ1) is 22.7. The first-order chi connectivity index (χ1) is 17.7. The molecule has 3 aliphatic heterocycles. The Labute approximate surface area is 210 Å². The normalized spacial score (nSPS) is 20.7. The molecular formula is C26H30N8O2. The molecule has 2 amide bonds. The van der Waals surface area contributed by atoms with Crippen LogP contribution >= 0.6 is 0 Å². The third-order valence-electron chi connectivity index (χ3n) is 7.10. The maximum absolute atomic E-state index is 11.9. The second-order valence-electron chi connectivity index (χ2n) is 9.30. The number of hydrogen-bond donors (Lipinski definition) is 2. The summed E-state index contributed by atoms with van der Waals surface area (Å²) in [6.07, 6.45) is 6.58. The van der Waals surface area contributed by atoms with Crippen molar-refractivity contribution in [2.24, 2.45) is 0 Å². The molecule has 10 heteroatoms. The van der Waals surface area contributed by atoms with Gasteiger partial charge in [0, 0.05) is 61.3 Å². The standard InChI is InChI=1S/C26H30N8O2/c1-2-27-26(35)30-18-6-4-17(5-7-18)23-31-20-16-19-8-9-21(34(19)25-28-10-3-11-29-25)22(20)24(32-23)33-12-14-36-15-13-33/h3-7,10-11,19,21H,2,8-9,12-16H2,1H3,(H2,27,30,35). The van der Waals surface area contributed by atoms with Crippen molar-refractivity contribution in [3.8, 4) is 11.4 Å². The van der Waals surface area contributed by atoms with E-state index in [1.807, 2.05) is 49.6 Å². The molecule has 2 aromatic heterocycles. The fourth-order valence-corrected chi connectivity index (χ4v) is 5.50. The van der Waals surface area contributed by atoms with Crippen molar-refractivity contribution in [1.29, 1.82) is 0 Å². The van der Waals surface area contributed by atoms with Gasteiger partial charge in [0.2, 0.25) is 5.95 Å². The van der Waals surface area contributed by atoms with Crippen molar-refractivity contribution in [3.63, 3.8) is 0 Å². The molecule has 0 spiro atoms. The Morgan fingerprint density at radius 2 is 1.86 bits per heavy atom. The molecule has 186 valence electrons. The number of ether oxygens (including phenoxy) is 1. The largest absolute Gasteiger partial charge is 0.378 e. The van der Waals surface area contributed by atoms with Crippen LogP contribution in [0.4, 0.5) is 22.2 Å². The number of rotatable bonds is 5. The topological polar surface area (TPSA) is 108 Å². The van der Waals surface area contributed by atoms with Gasteiger partial charge in [0.25, 0.3) is 0 Å². The molecule has 2 saturated heterocycles. The first-order valence-electron chi connectivity index (χ1n) is 12.7. The monoisotopic (exact) mass is 486 g/mol. The van der Waals surface area contributed by atoms with Gasteiger partial charge in [0.1, 0.15) is 5.82 Å². The molecule has 2 bridgehead atoms. The van der Waals surface area contributed by atoms with E-state index in [1.165, 1.54) is 5.56 Å². The van der Waals surface area contributed by atoms with Gasteiger partial charge in [-0.2, -0.15) is 0 Å². The smallest absolute Gasteiger partial charge is 0.319 e. The van der Waals surface area contributed by atoms with E-state index < -0.39 is 0 Å². The zero-order chi connectivity index (χ0) is 24.5. The zero-order valence-corrected chi connectivity index (χ0v) is 20.4. The molecule has 3 aromatic rings. The summed E-state index contributed by atoms with van der Waals surface area (Å²) in [7, 11) is 0. The molecule has 0 aliphatic carbocycles. The highest BCUT2D eigenvalue weighted by Gasteiger charge is 2.44. The molecule has 3 aliphatic rings. The van der Waals surface area contributed by atoms with Gasteiger partial charge in [-0.3, -0.25) is 0 Å². The second-order valence-corrected chi connectivity index (χ2v) is 9.30. The van der Waals surface area contributed by atoms with E-state index >= 15 is 0 Å². The van der Waals surface area contributed by atoms with Crippen molar-refractivity contribution in [3.05, 3.63) is 54.0 Å². The number of benzene rings is 1. The van der Waals surface area contributed by atoms with Gasteiger partial charge < -0.3 is 25.2 Å². The lowest BCUT2D eigenvalue weighted by Crippen LogP contribution is -2.42. The van der Waals surface area contributed by atoms with E-state index in [9.17, 15) is 4.79 Å². The average Bonchev–Trinajstić information content (AvgIpc) is 3.23. The van der Waals surface area contributed by atoms with E-state index in [4.69, 9.17) is 14.7 Å². The van der Waals surface area contributed by atoms with E-state index in [-0.39, 0.29) is 12.1 Å². The molecule has 0 radical (unpaired) electrons. The highest BCUT2D eigenvalue weighted by atomic mass is 16.5. The number of carbonyl (C=O) groups is 1. The predicted molar refractivity (Wildman–Crippen MR) is 137 cm³/mol. The molecule has 0 saturated carbocycles. The fourth-order valence-electron chi connectivity index (χ4n) is 5.50. The number of urea groups is 1. The summed E-state index contributed by atoms with van der Waals surface area (Å²) < 4.78 is 5.64. The van der Waals surface area contributed by atoms with E-state index in [1.54, 1.807) is 0 Å². The molecule has 1 aromatic carbocycles. The summed E-state index contributed by atoms with van der Waals surface area (Å²) in [6, 6.07) is 9.84. The summed E-state index contributed by atoms with van der Waals surface area (Å²) in [6.45, 7) is 5.44. The number of amides is 2. The molecule has 5 heterocycles. The maximum atomic E-state index is 11.9. The van der Waals surface area contributed by atoms with Crippen LogP contribution in [-0.4, -0.2) is 64.9 Å². The molecule has 2 fully saturated rings. The van der Waals surface area contributed by atoms with Gasteiger partial charge in [-0.1, -0.05) is 0 Å². The van der Waals surface area contributed by atoms with Gasteiger partial charge in [0.05, 0.1) is 24.9 Å². The van der Waals surface area contributed by atoms with Crippen LogP contribution < -0.4 is 20.4 Å². The molecule has 2 N–H and O–H groups in total. The predicted octanol–water partition coefficient (Wildman–Crippen LogP) is 3.18. The molecule has 36 heavy (non-hydrogen) atoms. The van der Waals surface area contributed by atoms with Gasteiger partial charge in [-0.15, -0.1) is 0 Å². The van der Waals surface area contributed by atoms with Crippen molar-refractivity contribution in [2.45, 2.75) is 38.3 Å². The van der Waals surface area contributed by atoms with Crippen LogP contribution in [0.15, 0.2) is 42.7 Å². The Morgan fingerprint density at radius 1 is 1.08 bits per heavy atom.